The average Bonchev–Trinajstić information content (AvgIpc) is 2.93. The number of piperazine rings is 1. The molecule has 36 heavy (non-hydrogen) atoms. The zero-order valence-electron chi connectivity index (χ0n) is 19.8. The Bertz CT molecular complexity index is 1410. The van der Waals surface area contributed by atoms with Crippen molar-refractivity contribution in [3.8, 4) is 11.1 Å². The molecule has 5 rings (SSSR count). The predicted molar refractivity (Wildman–Crippen MR) is 139 cm³/mol. The van der Waals surface area contributed by atoms with E-state index in [9.17, 15) is 12.8 Å². The van der Waals surface area contributed by atoms with Gasteiger partial charge in [-0.05, 0) is 83.6 Å². The second-order valence-electron chi connectivity index (χ2n) is 8.83. The van der Waals surface area contributed by atoms with Gasteiger partial charge in [-0.25, -0.2) is 12.8 Å². The number of aromatic nitrogens is 2. The van der Waals surface area contributed by atoms with Gasteiger partial charge in [-0.3, -0.25) is 9.97 Å². The van der Waals surface area contributed by atoms with Crippen molar-refractivity contribution in [1.82, 2.24) is 14.3 Å². The first-order valence-electron chi connectivity index (χ1n) is 11.9. The fraction of sp³-hybridized carbons (Fsp3) is 0.214. The number of halogens is 1. The molecular weight excluding hydrogens is 475 g/mol. The highest BCUT2D eigenvalue weighted by Crippen LogP contribution is 2.24. The van der Waals surface area contributed by atoms with Crippen LogP contribution in [-0.4, -0.2) is 48.9 Å². The molecular formula is C28H27FN4O2S. The van der Waals surface area contributed by atoms with Gasteiger partial charge in [-0.2, -0.15) is 4.31 Å². The molecule has 184 valence electrons. The summed E-state index contributed by atoms with van der Waals surface area (Å²) in [7, 11) is -3.52. The summed E-state index contributed by atoms with van der Waals surface area (Å²) in [5.74, 6) is -0.237. The van der Waals surface area contributed by atoms with E-state index in [2.05, 4.69) is 39.1 Å². The van der Waals surface area contributed by atoms with Crippen LogP contribution >= 0.6 is 0 Å². The summed E-state index contributed by atoms with van der Waals surface area (Å²) in [6, 6.07) is 20.5. The second kappa shape index (κ2) is 10.6. The van der Waals surface area contributed by atoms with Gasteiger partial charge in [0, 0.05) is 56.7 Å². The zero-order chi connectivity index (χ0) is 25.0. The molecule has 0 spiro atoms. The molecule has 0 bridgehead atoms. The number of sulfonamides is 1. The van der Waals surface area contributed by atoms with E-state index in [1.807, 2.05) is 18.2 Å². The lowest BCUT2D eigenvalue weighted by molar-refractivity contribution is 0.385. The van der Waals surface area contributed by atoms with Crippen LogP contribution in [-0.2, 0) is 22.9 Å². The van der Waals surface area contributed by atoms with Crippen LogP contribution in [0.15, 0.2) is 96.4 Å². The van der Waals surface area contributed by atoms with Gasteiger partial charge in [-0.1, -0.05) is 18.2 Å². The first-order chi connectivity index (χ1) is 17.5. The molecule has 2 aromatic carbocycles. The molecule has 1 aliphatic rings. The number of hydrogen-bond acceptors (Lipinski definition) is 5. The molecule has 0 radical (unpaired) electrons. The highest BCUT2D eigenvalue weighted by molar-refractivity contribution is 7.89. The van der Waals surface area contributed by atoms with Crippen molar-refractivity contribution in [2.24, 2.45) is 0 Å². The van der Waals surface area contributed by atoms with Crippen molar-refractivity contribution >= 4 is 15.7 Å². The Morgan fingerprint density at radius 2 is 1.47 bits per heavy atom. The van der Waals surface area contributed by atoms with Crippen LogP contribution in [0.1, 0.15) is 11.1 Å². The van der Waals surface area contributed by atoms with Gasteiger partial charge in [0.15, 0.2) is 0 Å². The number of rotatable bonds is 7. The Labute approximate surface area is 211 Å². The molecule has 0 atom stereocenters. The quantitative estimate of drug-likeness (QED) is 0.370. The molecule has 4 aromatic rings. The molecule has 0 N–H and O–H groups in total. The predicted octanol–water partition coefficient (Wildman–Crippen LogP) is 4.58. The van der Waals surface area contributed by atoms with E-state index in [0.717, 1.165) is 35.2 Å². The van der Waals surface area contributed by atoms with E-state index in [1.165, 1.54) is 16.1 Å². The van der Waals surface area contributed by atoms with Crippen molar-refractivity contribution in [2.45, 2.75) is 17.7 Å². The minimum absolute atomic E-state index is 0.231. The summed E-state index contributed by atoms with van der Waals surface area (Å²) >= 11 is 0. The van der Waals surface area contributed by atoms with E-state index < -0.39 is 10.0 Å². The van der Waals surface area contributed by atoms with Gasteiger partial charge < -0.3 is 4.90 Å². The number of hydrogen-bond donors (Lipinski definition) is 0. The summed E-state index contributed by atoms with van der Waals surface area (Å²) in [4.78, 5) is 10.4. The third kappa shape index (κ3) is 5.45. The Balaban J connectivity index is 1.19. The third-order valence-corrected chi connectivity index (χ3v) is 8.37. The maximum absolute atomic E-state index is 14.2. The molecule has 6 nitrogen and oxygen atoms in total. The molecule has 3 heterocycles. The number of nitrogens with zero attached hydrogens (tertiary/aromatic N) is 4. The van der Waals surface area contributed by atoms with E-state index in [0.29, 0.717) is 26.2 Å². The highest BCUT2D eigenvalue weighted by atomic mass is 32.2. The number of benzene rings is 2. The number of anilines is 1. The second-order valence-corrected chi connectivity index (χ2v) is 10.8. The first-order valence-corrected chi connectivity index (χ1v) is 13.4. The minimum atomic E-state index is -3.52. The lowest BCUT2D eigenvalue weighted by Crippen LogP contribution is -2.48. The lowest BCUT2D eigenvalue weighted by Gasteiger charge is -2.35. The summed E-state index contributed by atoms with van der Waals surface area (Å²) in [6.45, 7) is 2.11. The lowest BCUT2D eigenvalue weighted by atomic mass is 9.99. The van der Waals surface area contributed by atoms with Gasteiger partial charge in [-0.15, -0.1) is 0 Å². The third-order valence-electron chi connectivity index (χ3n) is 6.49. The summed E-state index contributed by atoms with van der Waals surface area (Å²) in [5.41, 5.74) is 5.00. The maximum atomic E-state index is 14.2. The smallest absolute Gasteiger partial charge is 0.244 e. The molecule has 1 saturated heterocycles. The van der Waals surface area contributed by atoms with E-state index >= 15 is 0 Å². The fourth-order valence-corrected chi connectivity index (χ4v) is 5.89. The van der Waals surface area contributed by atoms with Crippen molar-refractivity contribution in [3.05, 3.63) is 108 Å². The van der Waals surface area contributed by atoms with Gasteiger partial charge in [0.25, 0.3) is 0 Å². The Kier molecular flexibility index (Phi) is 7.06. The molecule has 1 aliphatic heterocycles. The topological polar surface area (TPSA) is 66.4 Å². The van der Waals surface area contributed by atoms with E-state index in [1.54, 1.807) is 42.9 Å². The molecule has 1 fully saturated rings. The SMILES string of the molecule is O=S(=O)(c1cccnc1)N1CCN(c2ccc(CCc3cc(F)cc(-c4ccncc4)c3)cc2)CC1. The van der Waals surface area contributed by atoms with Crippen LogP contribution in [0, 0.1) is 5.82 Å². The molecule has 0 aliphatic carbocycles. The van der Waals surface area contributed by atoms with Crippen LogP contribution in [0.4, 0.5) is 10.1 Å². The van der Waals surface area contributed by atoms with Crippen molar-refractivity contribution in [1.29, 1.82) is 0 Å². The largest absolute Gasteiger partial charge is 0.369 e. The van der Waals surface area contributed by atoms with Gasteiger partial charge in [0.1, 0.15) is 10.7 Å². The molecule has 8 heteroatoms. The van der Waals surface area contributed by atoms with Crippen LogP contribution in [0.5, 0.6) is 0 Å². The number of aryl methyl sites for hydroxylation is 2. The van der Waals surface area contributed by atoms with Crippen LogP contribution in [0.3, 0.4) is 0 Å². The van der Waals surface area contributed by atoms with Crippen molar-refractivity contribution in [3.63, 3.8) is 0 Å². The molecule has 0 unspecified atom stereocenters. The first kappa shape index (κ1) is 24.1. The van der Waals surface area contributed by atoms with Gasteiger partial charge >= 0.3 is 0 Å². The fourth-order valence-electron chi connectivity index (χ4n) is 4.50. The molecule has 0 saturated carbocycles. The van der Waals surface area contributed by atoms with Crippen LogP contribution < -0.4 is 4.90 Å². The van der Waals surface area contributed by atoms with Gasteiger partial charge in [0.05, 0.1) is 0 Å². The summed E-state index contributed by atoms with van der Waals surface area (Å²) in [6.07, 6.45) is 7.92. The maximum Gasteiger partial charge on any atom is 0.244 e. The number of pyridine rings is 2. The van der Waals surface area contributed by atoms with Gasteiger partial charge in [0.2, 0.25) is 10.0 Å². The summed E-state index contributed by atoms with van der Waals surface area (Å²) < 4.78 is 41.4. The van der Waals surface area contributed by atoms with Crippen molar-refractivity contribution in [2.75, 3.05) is 31.1 Å². The molecule has 2 aromatic heterocycles. The molecule has 0 amide bonds. The highest BCUT2D eigenvalue weighted by Gasteiger charge is 2.28. The zero-order valence-corrected chi connectivity index (χ0v) is 20.6. The Hall–Kier alpha value is -3.62. The Morgan fingerprint density at radius 1 is 0.750 bits per heavy atom. The van der Waals surface area contributed by atoms with E-state index in [-0.39, 0.29) is 10.7 Å². The monoisotopic (exact) mass is 502 g/mol. The standard InChI is InChI=1S/C28H27FN4O2S/c29-26-19-23(18-25(20-26)24-9-12-30-13-10-24)4-3-22-5-7-27(8-6-22)32-14-16-33(17-15-32)36(34,35)28-2-1-11-31-21-28/h1-2,5-13,18-21H,3-4,14-17H2. The van der Waals surface area contributed by atoms with Crippen LogP contribution in [0.25, 0.3) is 11.1 Å². The average molecular weight is 503 g/mol. The Morgan fingerprint density at radius 3 is 2.17 bits per heavy atom. The van der Waals surface area contributed by atoms with E-state index in [4.69, 9.17) is 0 Å². The minimum Gasteiger partial charge on any atom is -0.369 e. The van der Waals surface area contributed by atoms with Crippen molar-refractivity contribution < 1.29 is 12.8 Å². The summed E-state index contributed by atoms with van der Waals surface area (Å²) in [5, 5.41) is 0. The van der Waals surface area contributed by atoms with Crippen LogP contribution in [0.2, 0.25) is 0 Å². The normalized spacial score (nSPS) is 14.6.